The number of benzene rings is 1. The van der Waals surface area contributed by atoms with E-state index in [9.17, 15) is 13.6 Å². The molecule has 0 bridgehead atoms. The van der Waals surface area contributed by atoms with Gasteiger partial charge in [-0.1, -0.05) is 11.6 Å². The number of carbonyl (C=O) groups is 1. The van der Waals surface area contributed by atoms with Gasteiger partial charge in [-0.15, -0.1) is 0 Å². The summed E-state index contributed by atoms with van der Waals surface area (Å²) in [6, 6.07) is 1.55. The molecule has 1 saturated heterocycles. The summed E-state index contributed by atoms with van der Waals surface area (Å²) in [6.45, 7) is 6.06. The van der Waals surface area contributed by atoms with E-state index in [2.05, 4.69) is 4.90 Å². The molecule has 1 aliphatic carbocycles. The second-order valence-electron chi connectivity index (χ2n) is 8.61. The van der Waals surface area contributed by atoms with Crippen molar-refractivity contribution in [2.75, 3.05) is 26.7 Å². The number of fused-ring (bicyclic) bond motifs is 1. The van der Waals surface area contributed by atoms with Gasteiger partial charge in [-0.05, 0) is 44.8 Å². The lowest BCUT2D eigenvalue weighted by Crippen LogP contribution is -2.50. The Morgan fingerprint density at radius 2 is 1.90 bits per heavy atom. The number of ether oxygens (including phenoxy) is 3. The molecule has 0 aromatic heterocycles. The quantitative estimate of drug-likeness (QED) is 0.650. The minimum Gasteiger partial charge on any atom is -0.465 e. The van der Waals surface area contributed by atoms with Gasteiger partial charge < -0.3 is 19.1 Å². The van der Waals surface area contributed by atoms with E-state index >= 15 is 0 Å². The largest absolute Gasteiger partial charge is 0.465 e. The van der Waals surface area contributed by atoms with Gasteiger partial charge in [-0.3, -0.25) is 0 Å². The molecule has 5 nitrogen and oxygen atoms in total. The van der Waals surface area contributed by atoms with Gasteiger partial charge in [0.05, 0.1) is 17.7 Å². The zero-order valence-corrected chi connectivity index (χ0v) is 17.7. The highest BCUT2D eigenvalue weighted by atomic mass is 35.5. The zero-order chi connectivity index (χ0) is 21.0. The summed E-state index contributed by atoms with van der Waals surface area (Å²) >= 11 is 6.36. The SMILES string of the molecule is COC(=O)c1cc(Cl)c2c(c1C)O[C@](C)(C1CCN(CC3CC(F)(F)C3)CC1)O2. The van der Waals surface area contributed by atoms with E-state index < -0.39 is 17.7 Å². The molecule has 1 aromatic carbocycles. The van der Waals surface area contributed by atoms with Gasteiger partial charge in [-0.25, -0.2) is 13.6 Å². The Kier molecular flexibility index (Phi) is 5.18. The number of piperidine rings is 1. The van der Waals surface area contributed by atoms with Gasteiger partial charge in [0.1, 0.15) is 0 Å². The van der Waals surface area contributed by atoms with Crippen LogP contribution in [0.2, 0.25) is 5.02 Å². The van der Waals surface area contributed by atoms with Crippen LogP contribution in [0.15, 0.2) is 6.07 Å². The molecule has 8 heteroatoms. The molecule has 0 radical (unpaired) electrons. The summed E-state index contributed by atoms with van der Waals surface area (Å²) < 4.78 is 43.3. The van der Waals surface area contributed by atoms with Crippen molar-refractivity contribution in [3.63, 3.8) is 0 Å². The van der Waals surface area contributed by atoms with Gasteiger partial charge in [0.25, 0.3) is 5.79 Å². The number of alkyl halides is 2. The number of nitrogens with zero attached hydrogens (tertiary/aromatic N) is 1. The van der Waals surface area contributed by atoms with Gasteiger partial charge in [0.15, 0.2) is 11.5 Å². The Bertz CT molecular complexity index is 817. The van der Waals surface area contributed by atoms with E-state index in [1.54, 1.807) is 13.0 Å². The molecule has 2 fully saturated rings. The first-order valence-corrected chi connectivity index (χ1v) is 10.4. The maximum Gasteiger partial charge on any atom is 0.338 e. The standard InChI is InChI=1S/C21H26ClF2NO4/c1-12-15(19(26)27-3)8-16(22)18-17(12)28-20(2,29-18)14-4-6-25(7-5-14)11-13-9-21(23,24)10-13/h8,13-14H,4-7,9-11H2,1-3H3/t20-/m0/s1. The Balaban J connectivity index is 1.41. The third kappa shape index (κ3) is 3.79. The predicted molar refractivity (Wildman–Crippen MR) is 104 cm³/mol. The molecule has 4 rings (SSSR count). The number of likely N-dealkylation sites (tertiary alicyclic amines) is 1. The highest BCUT2D eigenvalue weighted by Gasteiger charge is 2.49. The van der Waals surface area contributed by atoms with Crippen molar-refractivity contribution >= 4 is 17.6 Å². The molecule has 0 unspecified atom stereocenters. The van der Waals surface area contributed by atoms with Crippen LogP contribution in [0.25, 0.3) is 0 Å². The maximum absolute atomic E-state index is 13.1. The summed E-state index contributed by atoms with van der Waals surface area (Å²) in [6.07, 6.45) is 1.70. The molecule has 0 N–H and O–H groups in total. The zero-order valence-electron chi connectivity index (χ0n) is 16.9. The molecular formula is C21H26ClF2NO4. The lowest BCUT2D eigenvalue weighted by molar-refractivity contribution is -0.134. The molecule has 160 valence electrons. The monoisotopic (exact) mass is 429 g/mol. The first kappa shape index (κ1) is 20.7. The molecule has 2 heterocycles. The summed E-state index contributed by atoms with van der Waals surface area (Å²) in [5.74, 6) is -2.64. The Morgan fingerprint density at radius 1 is 1.28 bits per heavy atom. The van der Waals surface area contributed by atoms with Crippen LogP contribution in [0.3, 0.4) is 0 Å². The average molecular weight is 430 g/mol. The Hall–Kier alpha value is -1.60. The highest BCUT2D eigenvalue weighted by Crippen LogP contribution is 2.51. The summed E-state index contributed by atoms with van der Waals surface area (Å²) in [5, 5.41) is 0.318. The topological polar surface area (TPSA) is 48.0 Å². The van der Waals surface area contributed by atoms with Crippen LogP contribution < -0.4 is 9.47 Å². The number of rotatable bonds is 4. The van der Waals surface area contributed by atoms with Crippen LogP contribution in [0.1, 0.15) is 48.5 Å². The predicted octanol–water partition coefficient (Wildman–Crippen LogP) is 4.68. The normalized spacial score (nSPS) is 27.0. The van der Waals surface area contributed by atoms with Gasteiger partial charge in [0, 0.05) is 37.8 Å². The fraction of sp³-hybridized carbons (Fsp3) is 0.667. The molecule has 1 atom stereocenters. The van der Waals surface area contributed by atoms with Crippen molar-refractivity contribution in [1.82, 2.24) is 4.90 Å². The van der Waals surface area contributed by atoms with Crippen molar-refractivity contribution in [3.8, 4) is 11.5 Å². The number of methoxy groups -OCH3 is 1. The van der Waals surface area contributed by atoms with Crippen LogP contribution in [-0.4, -0.2) is 49.3 Å². The van der Waals surface area contributed by atoms with E-state index in [0.717, 1.165) is 32.5 Å². The van der Waals surface area contributed by atoms with E-state index in [4.69, 9.17) is 25.8 Å². The van der Waals surface area contributed by atoms with Crippen molar-refractivity contribution in [2.24, 2.45) is 11.8 Å². The smallest absolute Gasteiger partial charge is 0.338 e. The minimum absolute atomic E-state index is 0.00643. The maximum atomic E-state index is 13.1. The van der Waals surface area contributed by atoms with Crippen LogP contribution in [0.5, 0.6) is 11.5 Å². The summed E-state index contributed by atoms with van der Waals surface area (Å²) in [4.78, 5) is 14.3. The van der Waals surface area contributed by atoms with E-state index in [1.165, 1.54) is 7.11 Å². The highest BCUT2D eigenvalue weighted by molar-refractivity contribution is 6.32. The van der Waals surface area contributed by atoms with Crippen molar-refractivity contribution in [1.29, 1.82) is 0 Å². The Morgan fingerprint density at radius 3 is 2.48 bits per heavy atom. The van der Waals surface area contributed by atoms with Crippen LogP contribution in [-0.2, 0) is 4.74 Å². The second kappa shape index (κ2) is 7.27. The van der Waals surface area contributed by atoms with Crippen molar-refractivity contribution < 1.29 is 27.8 Å². The molecule has 0 spiro atoms. The number of hydrogen-bond acceptors (Lipinski definition) is 5. The molecule has 1 saturated carbocycles. The van der Waals surface area contributed by atoms with E-state index in [1.807, 2.05) is 6.92 Å². The van der Waals surface area contributed by atoms with Gasteiger partial charge >= 0.3 is 5.97 Å². The van der Waals surface area contributed by atoms with Crippen LogP contribution in [0.4, 0.5) is 8.78 Å². The minimum atomic E-state index is -2.46. The molecule has 2 aliphatic heterocycles. The van der Waals surface area contributed by atoms with Crippen LogP contribution in [0, 0.1) is 18.8 Å². The second-order valence-corrected chi connectivity index (χ2v) is 9.01. The lowest BCUT2D eigenvalue weighted by Gasteiger charge is -2.42. The fourth-order valence-electron chi connectivity index (χ4n) is 4.75. The fourth-order valence-corrected chi connectivity index (χ4v) is 4.99. The summed E-state index contributed by atoms with van der Waals surface area (Å²) in [7, 11) is 1.32. The first-order valence-electron chi connectivity index (χ1n) is 10.0. The van der Waals surface area contributed by atoms with Gasteiger partial charge in [0.2, 0.25) is 5.92 Å². The summed E-state index contributed by atoms with van der Waals surface area (Å²) in [5.41, 5.74) is 1.000. The molecule has 3 aliphatic rings. The number of hydrogen-bond donors (Lipinski definition) is 0. The number of carbonyl (C=O) groups excluding carboxylic acids is 1. The third-order valence-corrected chi connectivity index (χ3v) is 6.75. The molecule has 29 heavy (non-hydrogen) atoms. The lowest BCUT2D eigenvalue weighted by atomic mass is 9.80. The molecule has 1 aromatic rings. The van der Waals surface area contributed by atoms with Gasteiger partial charge in [-0.2, -0.15) is 0 Å². The van der Waals surface area contributed by atoms with E-state index in [0.29, 0.717) is 27.6 Å². The van der Waals surface area contributed by atoms with Crippen LogP contribution >= 0.6 is 11.6 Å². The average Bonchev–Trinajstić information content (AvgIpc) is 3.03. The van der Waals surface area contributed by atoms with E-state index in [-0.39, 0.29) is 24.7 Å². The molecule has 0 amide bonds. The third-order valence-electron chi connectivity index (χ3n) is 6.47. The number of halogens is 3. The first-order chi connectivity index (χ1) is 13.6. The molecular weight excluding hydrogens is 404 g/mol. The van der Waals surface area contributed by atoms with Crippen molar-refractivity contribution in [3.05, 3.63) is 22.2 Å². The number of esters is 1. The van der Waals surface area contributed by atoms with Crippen molar-refractivity contribution in [2.45, 2.75) is 51.2 Å². The Labute approximate surface area is 174 Å².